The van der Waals surface area contributed by atoms with Crippen LogP contribution in [0.1, 0.15) is 18.6 Å². The molecule has 0 saturated heterocycles. The zero-order valence-electron chi connectivity index (χ0n) is 9.38. The predicted molar refractivity (Wildman–Crippen MR) is 63.7 cm³/mol. The van der Waals surface area contributed by atoms with Gasteiger partial charge in [0.1, 0.15) is 6.10 Å². The molecule has 0 aliphatic rings. The van der Waals surface area contributed by atoms with E-state index < -0.39 is 11.1 Å². The lowest BCUT2D eigenvalue weighted by molar-refractivity contribution is 0.142. The van der Waals surface area contributed by atoms with Gasteiger partial charge < -0.3 is 9.29 Å². The molecule has 0 amide bonds. The van der Waals surface area contributed by atoms with Crippen molar-refractivity contribution in [1.82, 2.24) is 0 Å². The van der Waals surface area contributed by atoms with Crippen molar-refractivity contribution in [3.8, 4) is 0 Å². The molecule has 0 N–H and O–H groups in total. The molecule has 0 aliphatic carbocycles. The Morgan fingerprint density at radius 3 is 2.62 bits per heavy atom. The van der Waals surface area contributed by atoms with Gasteiger partial charge >= 0.3 is 0 Å². The largest absolute Gasteiger partial charge is 0.772 e. The van der Waals surface area contributed by atoms with E-state index >= 15 is 0 Å². The van der Waals surface area contributed by atoms with Crippen molar-refractivity contribution >= 4 is 11.1 Å². The molecule has 0 aliphatic heterocycles. The van der Waals surface area contributed by atoms with Gasteiger partial charge in [0.25, 0.3) is 0 Å². The van der Waals surface area contributed by atoms with E-state index in [0.717, 1.165) is 11.1 Å². The third-order valence-corrected chi connectivity index (χ3v) is 2.85. The molecule has 4 heteroatoms. The van der Waals surface area contributed by atoms with Gasteiger partial charge in [0.05, 0.1) is 0 Å². The standard InChI is InChI=1S/C12H16O3S/c1-10(9-16(13)14)8-12(15-2)11-6-4-3-5-7-11/h3-8,12H,9H2,1-2H3,(H,13,14)/p-1. The lowest BCUT2D eigenvalue weighted by Crippen LogP contribution is -2.02. The summed E-state index contributed by atoms with van der Waals surface area (Å²) in [5.41, 5.74) is 1.80. The molecular formula is C12H15O3S-. The molecule has 0 saturated carbocycles. The maximum absolute atomic E-state index is 10.5. The van der Waals surface area contributed by atoms with Crippen molar-refractivity contribution in [2.24, 2.45) is 0 Å². The summed E-state index contributed by atoms with van der Waals surface area (Å²) in [6.07, 6.45) is 1.63. The van der Waals surface area contributed by atoms with E-state index in [2.05, 4.69) is 0 Å². The first-order chi connectivity index (χ1) is 7.63. The molecule has 0 heterocycles. The number of hydrogen-bond acceptors (Lipinski definition) is 3. The summed E-state index contributed by atoms with van der Waals surface area (Å²) in [5.74, 6) is 0.0483. The van der Waals surface area contributed by atoms with Crippen LogP contribution >= 0.6 is 0 Å². The molecule has 0 bridgehead atoms. The molecule has 16 heavy (non-hydrogen) atoms. The van der Waals surface area contributed by atoms with Gasteiger partial charge in [-0.05, 0) is 12.5 Å². The van der Waals surface area contributed by atoms with Crippen molar-refractivity contribution < 1.29 is 13.5 Å². The van der Waals surface area contributed by atoms with Crippen molar-refractivity contribution in [2.75, 3.05) is 12.9 Å². The number of hydrogen-bond donors (Lipinski definition) is 0. The van der Waals surface area contributed by atoms with Crippen LogP contribution in [0.4, 0.5) is 0 Å². The van der Waals surface area contributed by atoms with Gasteiger partial charge in [0.2, 0.25) is 0 Å². The SMILES string of the molecule is COC(C=C(C)CS(=O)[O-])c1ccccc1. The average Bonchev–Trinajstić information content (AvgIpc) is 2.26. The van der Waals surface area contributed by atoms with Gasteiger partial charge in [-0.25, -0.2) is 0 Å². The molecular weight excluding hydrogens is 224 g/mol. The third-order valence-electron chi connectivity index (χ3n) is 2.16. The normalized spacial score (nSPS) is 15.8. The third kappa shape index (κ3) is 4.26. The van der Waals surface area contributed by atoms with Crippen LogP contribution < -0.4 is 0 Å². The summed E-state index contributed by atoms with van der Waals surface area (Å²) in [6, 6.07) is 9.68. The van der Waals surface area contributed by atoms with Crippen LogP contribution in [0.3, 0.4) is 0 Å². The first kappa shape index (κ1) is 13.1. The summed E-state index contributed by atoms with van der Waals surface area (Å²) >= 11 is -2.04. The van der Waals surface area contributed by atoms with Crippen LogP contribution in [-0.4, -0.2) is 21.6 Å². The predicted octanol–water partition coefficient (Wildman–Crippen LogP) is 2.20. The van der Waals surface area contributed by atoms with Gasteiger partial charge in [0.15, 0.2) is 0 Å². The second-order valence-corrected chi connectivity index (χ2v) is 4.42. The Balaban J connectivity index is 2.80. The molecule has 1 aromatic carbocycles. The van der Waals surface area contributed by atoms with Crippen molar-refractivity contribution in [2.45, 2.75) is 13.0 Å². The van der Waals surface area contributed by atoms with Gasteiger partial charge in [-0.3, -0.25) is 4.21 Å². The fraction of sp³-hybridized carbons (Fsp3) is 0.333. The summed E-state index contributed by atoms with van der Waals surface area (Å²) in [7, 11) is 1.61. The van der Waals surface area contributed by atoms with Crippen LogP contribution in [0.25, 0.3) is 0 Å². The van der Waals surface area contributed by atoms with Crippen LogP contribution in [0.2, 0.25) is 0 Å². The minimum atomic E-state index is -2.04. The van der Waals surface area contributed by atoms with Crippen LogP contribution in [0.15, 0.2) is 42.0 Å². The average molecular weight is 239 g/mol. The molecule has 0 spiro atoms. The van der Waals surface area contributed by atoms with E-state index in [1.54, 1.807) is 14.0 Å². The Bertz CT molecular complexity index is 373. The summed E-state index contributed by atoms with van der Waals surface area (Å²) in [4.78, 5) is 0. The van der Waals surface area contributed by atoms with E-state index in [1.165, 1.54) is 0 Å². The van der Waals surface area contributed by atoms with E-state index in [9.17, 15) is 8.76 Å². The summed E-state index contributed by atoms with van der Waals surface area (Å²) in [5, 5.41) is 0. The molecule has 88 valence electrons. The fourth-order valence-electron chi connectivity index (χ4n) is 1.44. The van der Waals surface area contributed by atoms with Crippen LogP contribution in [0, 0.1) is 0 Å². The maximum Gasteiger partial charge on any atom is 0.101 e. The molecule has 2 unspecified atom stereocenters. The zero-order chi connectivity index (χ0) is 12.0. The van der Waals surface area contributed by atoms with Crippen LogP contribution in [0.5, 0.6) is 0 Å². The highest BCUT2D eigenvalue weighted by Crippen LogP contribution is 2.19. The second-order valence-electron chi connectivity index (χ2n) is 3.53. The smallest absolute Gasteiger partial charge is 0.101 e. The van der Waals surface area contributed by atoms with Crippen molar-refractivity contribution in [1.29, 1.82) is 0 Å². The number of benzene rings is 1. The molecule has 3 nitrogen and oxygen atoms in total. The van der Waals surface area contributed by atoms with Gasteiger partial charge in [0, 0.05) is 12.9 Å². The number of methoxy groups -OCH3 is 1. The Hall–Kier alpha value is -0.970. The van der Waals surface area contributed by atoms with E-state index in [-0.39, 0.29) is 11.9 Å². The van der Waals surface area contributed by atoms with Gasteiger partial charge in [-0.15, -0.1) is 0 Å². The molecule has 1 rings (SSSR count). The first-order valence-corrected chi connectivity index (χ1v) is 6.18. The highest BCUT2D eigenvalue weighted by atomic mass is 32.2. The lowest BCUT2D eigenvalue weighted by Gasteiger charge is -2.13. The van der Waals surface area contributed by atoms with E-state index in [4.69, 9.17) is 4.74 Å². The van der Waals surface area contributed by atoms with Gasteiger partial charge in [-0.1, -0.05) is 53.1 Å². The quantitative estimate of drug-likeness (QED) is 0.584. The highest BCUT2D eigenvalue weighted by molar-refractivity contribution is 7.79. The lowest BCUT2D eigenvalue weighted by atomic mass is 10.1. The molecule has 2 atom stereocenters. The molecule has 0 fully saturated rings. The topological polar surface area (TPSA) is 49.4 Å². The maximum atomic E-state index is 10.5. The summed E-state index contributed by atoms with van der Waals surface area (Å²) in [6.45, 7) is 1.78. The number of rotatable bonds is 5. The monoisotopic (exact) mass is 239 g/mol. The second kappa shape index (κ2) is 6.58. The zero-order valence-corrected chi connectivity index (χ0v) is 10.2. The molecule has 1 aromatic rings. The Morgan fingerprint density at radius 2 is 2.12 bits per heavy atom. The molecule has 0 aromatic heterocycles. The summed E-state index contributed by atoms with van der Waals surface area (Å²) < 4.78 is 26.4. The van der Waals surface area contributed by atoms with E-state index in [0.29, 0.717) is 0 Å². The first-order valence-electron chi connectivity index (χ1n) is 4.94. The minimum Gasteiger partial charge on any atom is -0.772 e. The van der Waals surface area contributed by atoms with Gasteiger partial charge in [-0.2, -0.15) is 0 Å². The Morgan fingerprint density at radius 1 is 1.50 bits per heavy atom. The van der Waals surface area contributed by atoms with E-state index in [1.807, 2.05) is 36.4 Å². The Labute approximate surface area is 98.4 Å². The van der Waals surface area contributed by atoms with Crippen molar-refractivity contribution in [3.05, 3.63) is 47.5 Å². The Kier molecular flexibility index (Phi) is 5.38. The number of ether oxygens (including phenoxy) is 1. The van der Waals surface area contributed by atoms with Crippen LogP contribution in [-0.2, 0) is 15.8 Å². The minimum absolute atomic E-state index is 0.0483. The van der Waals surface area contributed by atoms with Crippen molar-refractivity contribution in [3.63, 3.8) is 0 Å². The molecule has 0 radical (unpaired) electrons. The highest BCUT2D eigenvalue weighted by Gasteiger charge is 2.06. The fourth-order valence-corrected chi connectivity index (χ4v) is 1.90.